The molecule has 4 rings (SSSR count). The van der Waals surface area contributed by atoms with Gasteiger partial charge in [-0.1, -0.05) is 12.1 Å². The zero-order valence-electron chi connectivity index (χ0n) is 14.4. The number of amides is 3. The molecule has 1 aromatic carbocycles. The molecule has 0 bridgehead atoms. The Labute approximate surface area is 150 Å². The number of aromatic nitrogens is 1. The molecule has 3 amide bonds. The van der Waals surface area contributed by atoms with Gasteiger partial charge in [0.05, 0.1) is 23.3 Å². The number of carbonyl (C=O) groups excluding carboxylic acids is 3. The minimum absolute atomic E-state index is 0.0794. The lowest BCUT2D eigenvalue weighted by molar-refractivity contribution is -0.150. The summed E-state index contributed by atoms with van der Waals surface area (Å²) in [6, 6.07) is 10.00. The smallest absolute Gasteiger partial charge is 0.284 e. The number of benzene rings is 1. The van der Waals surface area contributed by atoms with Crippen molar-refractivity contribution in [3.05, 3.63) is 59.4 Å². The van der Waals surface area contributed by atoms with Gasteiger partial charge in [0, 0.05) is 11.8 Å². The van der Waals surface area contributed by atoms with Crippen LogP contribution in [0.4, 0.5) is 5.69 Å². The number of hydrogen-bond acceptors (Lipinski definition) is 5. The maximum Gasteiger partial charge on any atom is 0.284 e. The number of carbonyl (C=O) groups is 3. The predicted molar refractivity (Wildman–Crippen MR) is 92.4 cm³/mol. The van der Waals surface area contributed by atoms with E-state index in [4.69, 9.17) is 4.74 Å². The number of hydrogen-bond donors (Lipinski definition) is 1. The molecular weight excluding hydrogens is 334 g/mol. The van der Waals surface area contributed by atoms with Crippen LogP contribution in [0.3, 0.4) is 0 Å². The number of imide groups is 1. The van der Waals surface area contributed by atoms with Crippen LogP contribution in [-0.4, -0.2) is 29.3 Å². The van der Waals surface area contributed by atoms with Crippen molar-refractivity contribution in [2.45, 2.75) is 20.1 Å². The zero-order chi connectivity index (χ0) is 18.5. The second-order valence-electron chi connectivity index (χ2n) is 6.99. The first-order valence-electron chi connectivity index (χ1n) is 8.25. The number of pyridine rings is 1. The highest BCUT2D eigenvalue weighted by molar-refractivity contribution is 6.33. The van der Waals surface area contributed by atoms with Crippen molar-refractivity contribution in [3.8, 4) is 0 Å². The highest BCUT2D eigenvalue weighted by Crippen LogP contribution is 2.31. The lowest BCUT2D eigenvalue weighted by Crippen LogP contribution is -2.48. The highest BCUT2D eigenvalue weighted by Gasteiger charge is 2.38. The van der Waals surface area contributed by atoms with Crippen molar-refractivity contribution < 1.29 is 19.1 Å². The molecule has 7 nitrogen and oxygen atoms in total. The Kier molecular flexibility index (Phi) is 3.62. The summed E-state index contributed by atoms with van der Waals surface area (Å²) >= 11 is 0. The maximum atomic E-state index is 12.5. The SMILES string of the molecule is CC1(C)COC(c2ccc(N3C(=O)c4cccnc4C3=O)cc2)NC1=O. The van der Waals surface area contributed by atoms with Gasteiger partial charge in [-0.25, -0.2) is 4.90 Å². The molecule has 3 heterocycles. The van der Waals surface area contributed by atoms with Crippen LogP contribution in [0.25, 0.3) is 0 Å². The van der Waals surface area contributed by atoms with Crippen LogP contribution in [0.15, 0.2) is 42.6 Å². The molecule has 1 saturated heterocycles. The fourth-order valence-corrected chi connectivity index (χ4v) is 2.99. The molecule has 2 aromatic rings. The monoisotopic (exact) mass is 351 g/mol. The summed E-state index contributed by atoms with van der Waals surface area (Å²) in [6.07, 6.45) is 0.940. The summed E-state index contributed by atoms with van der Waals surface area (Å²) in [5.41, 5.74) is 1.08. The second kappa shape index (κ2) is 5.74. The van der Waals surface area contributed by atoms with Crippen LogP contribution in [0, 0.1) is 5.41 Å². The molecule has 1 N–H and O–H groups in total. The number of fused-ring (bicyclic) bond motifs is 1. The third kappa shape index (κ3) is 2.48. The Hall–Kier alpha value is -3.06. The lowest BCUT2D eigenvalue weighted by Gasteiger charge is -2.34. The van der Waals surface area contributed by atoms with Gasteiger partial charge in [0.15, 0.2) is 6.23 Å². The average Bonchev–Trinajstić information content (AvgIpc) is 2.89. The van der Waals surface area contributed by atoms with Crippen molar-refractivity contribution in [2.24, 2.45) is 5.41 Å². The van der Waals surface area contributed by atoms with E-state index >= 15 is 0 Å². The molecular formula is C19H17N3O4. The van der Waals surface area contributed by atoms with Gasteiger partial charge in [0.2, 0.25) is 5.91 Å². The fraction of sp³-hybridized carbons (Fsp3) is 0.263. The van der Waals surface area contributed by atoms with E-state index in [-0.39, 0.29) is 11.6 Å². The molecule has 26 heavy (non-hydrogen) atoms. The van der Waals surface area contributed by atoms with Gasteiger partial charge >= 0.3 is 0 Å². The summed E-state index contributed by atoms with van der Waals surface area (Å²) in [5.74, 6) is -0.915. The summed E-state index contributed by atoms with van der Waals surface area (Å²) in [5, 5.41) is 2.82. The highest BCUT2D eigenvalue weighted by atomic mass is 16.5. The van der Waals surface area contributed by atoms with E-state index < -0.39 is 23.5 Å². The van der Waals surface area contributed by atoms with E-state index in [2.05, 4.69) is 10.3 Å². The van der Waals surface area contributed by atoms with E-state index in [1.165, 1.54) is 6.20 Å². The molecule has 132 valence electrons. The van der Waals surface area contributed by atoms with Gasteiger partial charge in [-0.2, -0.15) is 0 Å². The molecule has 0 radical (unpaired) electrons. The first-order chi connectivity index (χ1) is 12.4. The molecule has 0 aliphatic carbocycles. The van der Waals surface area contributed by atoms with Gasteiger partial charge in [-0.15, -0.1) is 0 Å². The Balaban J connectivity index is 1.57. The van der Waals surface area contributed by atoms with Gasteiger partial charge in [0.1, 0.15) is 5.69 Å². The number of ether oxygens (including phenoxy) is 1. The van der Waals surface area contributed by atoms with Gasteiger partial charge in [0.25, 0.3) is 11.8 Å². The largest absolute Gasteiger partial charge is 0.353 e. The topological polar surface area (TPSA) is 88.6 Å². The molecule has 0 spiro atoms. The molecule has 1 aromatic heterocycles. The van der Waals surface area contributed by atoms with Gasteiger partial charge < -0.3 is 10.1 Å². The minimum Gasteiger partial charge on any atom is -0.353 e. The standard InChI is InChI=1S/C19H17N3O4/c1-19(2)10-26-15(21-18(19)25)11-5-7-12(8-6-11)22-16(23)13-4-3-9-20-14(13)17(22)24/h3-9,15H,10H2,1-2H3,(H,21,25). The zero-order valence-corrected chi connectivity index (χ0v) is 14.4. The van der Waals surface area contributed by atoms with E-state index in [0.29, 0.717) is 17.9 Å². The van der Waals surface area contributed by atoms with E-state index in [0.717, 1.165) is 10.5 Å². The Bertz CT molecular complexity index is 886. The third-order valence-electron chi connectivity index (χ3n) is 4.59. The van der Waals surface area contributed by atoms with Crippen LogP contribution < -0.4 is 10.2 Å². The number of anilines is 1. The van der Waals surface area contributed by atoms with Crippen molar-refractivity contribution in [3.63, 3.8) is 0 Å². The third-order valence-corrected chi connectivity index (χ3v) is 4.59. The van der Waals surface area contributed by atoms with E-state index in [1.807, 2.05) is 13.8 Å². The van der Waals surface area contributed by atoms with Crippen molar-refractivity contribution in [1.29, 1.82) is 0 Å². The first-order valence-corrected chi connectivity index (χ1v) is 8.25. The number of rotatable bonds is 2. The second-order valence-corrected chi connectivity index (χ2v) is 6.99. The van der Waals surface area contributed by atoms with Crippen molar-refractivity contribution in [1.82, 2.24) is 10.3 Å². The fourth-order valence-electron chi connectivity index (χ4n) is 2.99. The van der Waals surface area contributed by atoms with Crippen LogP contribution in [0.2, 0.25) is 0 Å². The quantitative estimate of drug-likeness (QED) is 0.837. The normalized spacial score (nSPS) is 21.5. The molecule has 7 heteroatoms. The first kappa shape index (κ1) is 16.4. The minimum atomic E-state index is -0.566. The molecule has 2 aliphatic rings. The molecule has 1 atom stereocenters. The summed E-state index contributed by atoms with van der Waals surface area (Å²) in [6.45, 7) is 3.95. The Morgan fingerprint density at radius 3 is 2.50 bits per heavy atom. The van der Waals surface area contributed by atoms with Crippen LogP contribution in [-0.2, 0) is 9.53 Å². The molecule has 2 aliphatic heterocycles. The van der Waals surface area contributed by atoms with E-state index in [9.17, 15) is 14.4 Å². The van der Waals surface area contributed by atoms with Crippen LogP contribution in [0.1, 0.15) is 46.5 Å². The number of nitrogens with one attached hydrogen (secondary N) is 1. The summed E-state index contributed by atoms with van der Waals surface area (Å²) < 4.78 is 5.72. The van der Waals surface area contributed by atoms with Crippen LogP contribution >= 0.6 is 0 Å². The predicted octanol–water partition coefficient (Wildman–Crippen LogP) is 2.05. The lowest BCUT2D eigenvalue weighted by atomic mass is 9.92. The summed E-state index contributed by atoms with van der Waals surface area (Å²) in [7, 11) is 0. The van der Waals surface area contributed by atoms with Gasteiger partial charge in [-0.05, 0) is 38.1 Å². The van der Waals surface area contributed by atoms with E-state index in [1.54, 1.807) is 36.4 Å². The average molecular weight is 351 g/mol. The summed E-state index contributed by atoms with van der Waals surface area (Å²) in [4.78, 5) is 42.2. The molecule has 0 saturated carbocycles. The van der Waals surface area contributed by atoms with Crippen molar-refractivity contribution in [2.75, 3.05) is 11.5 Å². The maximum absolute atomic E-state index is 12.5. The Morgan fingerprint density at radius 1 is 1.12 bits per heavy atom. The number of nitrogens with zero attached hydrogens (tertiary/aromatic N) is 2. The molecule has 1 unspecified atom stereocenters. The molecule has 1 fully saturated rings. The Morgan fingerprint density at radius 2 is 1.85 bits per heavy atom. The van der Waals surface area contributed by atoms with Gasteiger partial charge in [-0.3, -0.25) is 19.4 Å². The van der Waals surface area contributed by atoms with Crippen LogP contribution in [0.5, 0.6) is 0 Å². The van der Waals surface area contributed by atoms with Crippen molar-refractivity contribution >= 4 is 23.4 Å².